The minimum absolute atomic E-state index is 0.174. The van der Waals surface area contributed by atoms with Crippen LogP contribution in [0.2, 0.25) is 0 Å². The standard InChI is InChI=1S/C15H21NO5/c1-10(15(18)16-6-3-7-19-2)21-11-4-5-12-13(17)9-20-14(12)8-11/h4-5,8,10,13,17H,3,6-7,9H2,1-2H3,(H,16,18). The van der Waals surface area contributed by atoms with Crippen LogP contribution in [0.4, 0.5) is 0 Å². The van der Waals surface area contributed by atoms with Crippen molar-refractivity contribution in [1.82, 2.24) is 5.32 Å². The van der Waals surface area contributed by atoms with E-state index in [1.54, 1.807) is 32.2 Å². The molecular formula is C15H21NO5. The summed E-state index contributed by atoms with van der Waals surface area (Å²) in [6, 6.07) is 5.18. The molecule has 1 aliphatic heterocycles. The first kappa shape index (κ1) is 15.6. The van der Waals surface area contributed by atoms with Gasteiger partial charge in [0.2, 0.25) is 0 Å². The number of amides is 1. The maximum absolute atomic E-state index is 11.8. The van der Waals surface area contributed by atoms with Crippen molar-refractivity contribution in [3.63, 3.8) is 0 Å². The van der Waals surface area contributed by atoms with Gasteiger partial charge in [0.1, 0.15) is 24.2 Å². The van der Waals surface area contributed by atoms with Crippen LogP contribution in [0.5, 0.6) is 11.5 Å². The summed E-state index contributed by atoms with van der Waals surface area (Å²) in [5, 5.41) is 12.4. The molecule has 0 radical (unpaired) electrons. The maximum atomic E-state index is 11.8. The molecule has 0 saturated heterocycles. The third kappa shape index (κ3) is 4.09. The third-order valence-corrected chi connectivity index (χ3v) is 3.25. The Balaban J connectivity index is 1.85. The van der Waals surface area contributed by atoms with Crippen molar-refractivity contribution in [2.45, 2.75) is 25.6 Å². The molecule has 0 spiro atoms. The lowest BCUT2D eigenvalue weighted by molar-refractivity contribution is -0.127. The van der Waals surface area contributed by atoms with Gasteiger partial charge in [0.25, 0.3) is 5.91 Å². The highest BCUT2D eigenvalue weighted by molar-refractivity contribution is 5.80. The quantitative estimate of drug-likeness (QED) is 0.735. The summed E-state index contributed by atoms with van der Waals surface area (Å²) >= 11 is 0. The Bertz CT molecular complexity index is 491. The predicted molar refractivity (Wildman–Crippen MR) is 76.5 cm³/mol. The van der Waals surface area contributed by atoms with Gasteiger partial charge >= 0.3 is 0 Å². The maximum Gasteiger partial charge on any atom is 0.260 e. The molecule has 0 aromatic heterocycles. The van der Waals surface area contributed by atoms with E-state index in [1.165, 1.54) is 0 Å². The zero-order chi connectivity index (χ0) is 15.2. The van der Waals surface area contributed by atoms with Crippen molar-refractivity contribution in [2.24, 2.45) is 0 Å². The molecule has 1 amide bonds. The van der Waals surface area contributed by atoms with Gasteiger partial charge in [0, 0.05) is 31.9 Å². The van der Waals surface area contributed by atoms with E-state index >= 15 is 0 Å². The topological polar surface area (TPSA) is 77.0 Å². The summed E-state index contributed by atoms with van der Waals surface area (Å²) in [4.78, 5) is 11.8. The Kier molecular flexibility index (Phi) is 5.41. The molecule has 1 heterocycles. The van der Waals surface area contributed by atoms with E-state index in [1.807, 2.05) is 0 Å². The average molecular weight is 295 g/mol. The normalized spacial score (nSPS) is 17.8. The van der Waals surface area contributed by atoms with Gasteiger partial charge in [-0.1, -0.05) is 0 Å². The molecule has 1 aromatic carbocycles. The molecule has 2 unspecified atom stereocenters. The number of methoxy groups -OCH3 is 1. The van der Waals surface area contributed by atoms with Gasteiger partial charge in [-0.15, -0.1) is 0 Å². The molecular weight excluding hydrogens is 274 g/mol. The van der Waals surface area contributed by atoms with E-state index in [9.17, 15) is 9.90 Å². The second kappa shape index (κ2) is 7.28. The summed E-state index contributed by atoms with van der Waals surface area (Å²) < 4.78 is 15.8. The van der Waals surface area contributed by atoms with Gasteiger partial charge in [-0.25, -0.2) is 0 Å². The summed E-state index contributed by atoms with van der Waals surface area (Å²) in [7, 11) is 1.63. The Morgan fingerprint density at radius 3 is 3.14 bits per heavy atom. The number of hydrogen-bond acceptors (Lipinski definition) is 5. The van der Waals surface area contributed by atoms with E-state index in [2.05, 4.69) is 5.32 Å². The van der Waals surface area contributed by atoms with Crippen LogP contribution >= 0.6 is 0 Å². The van der Waals surface area contributed by atoms with Crippen molar-refractivity contribution in [3.8, 4) is 11.5 Å². The minimum atomic E-state index is -0.600. The Labute approximate surface area is 124 Å². The fourth-order valence-electron chi connectivity index (χ4n) is 2.08. The number of hydrogen-bond donors (Lipinski definition) is 2. The van der Waals surface area contributed by atoms with Crippen molar-refractivity contribution in [1.29, 1.82) is 0 Å². The first-order valence-electron chi connectivity index (χ1n) is 7.00. The molecule has 0 aliphatic carbocycles. The van der Waals surface area contributed by atoms with Crippen LogP contribution in [0.25, 0.3) is 0 Å². The number of aliphatic hydroxyl groups excluding tert-OH is 1. The highest BCUT2D eigenvalue weighted by Crippen LogP contribution is 2.35. The lowest BCUT2D eigenvalue weighted by Gasteiger charge is -2.15. The molecule has 1 aliphatic rings. The van der Waals surface area contributed by atoms with Crippen LogP contribution in [0.3, 0.4) is 0 Å². The molecule has 1 aromatic rings. The molecule has 0 fully saturated rings. The van der Waals surface area contributed by atoms with Crippen LogP contribution in [0.1, 0.15) is 25.0 Å². The first-order valence-corrected chi connectivity index (χ1v) is 7.00. The zero-order valence-electron chi connectivity index (χ0n) is 12.3. The highest BCUT2D eigenvalue weighted by Gasteiger charge is 2.23. The zero-order valence-corrected chi connectivity index (χ0v) is 12.3. The highest BCUT2D eigenvalue weighted by atomic mass is 16.5. The molecule has 0 bridgehead atoms. The second-order valence-corrected chi connectivity index (χ2v) is 4.92. The Hall–Kier alpha value is -1.79. The molecule has 2 N–H and O–H groups in total. The summed E-state index contributed by atoms with van der Waals surface area (Å²) in [6.45, 7) is 3.11. The fraction of sp³-hybridized carbons (Fsp3) is 0.533. The lowest BCUT2D eigenvalue weighted by Crippen LogP contribution is -2.37. The molecule has 0 saturated carbocycles. The van der Waals surface area contributed by atoms with Gasteiger partial charge in [-0.2, -0.15) is 0 Å². The van der Waals surface area contributed by atoms with E-state index in [4.69, 9.17) is 14.2 Å². The molecule has 116 valence electrons. The average Bonchev–Trinajstić information content (AvgIpc) is 2.84. The van der Waals surface area contributed by atoms with Gasteiger partial charge in [0.05, 0.1) is 0 Å². The molecule has 6 heteroatoms. The van der Waals surface area contributed by atoms with Crippen LogP contribution in [-0.4, -0.2) is 44.0 Å². The van der Waals surface area contributed by atoms with E-state index < -0.39 is 12.2 Å². The van der Waals surface area contributed by atoms with E-state index in [0.717, 1.165) is 12.0 Å². The minimum Gasteiger partial charge on any atom is -0.490 e. The monoisotopic (exact) mass is 295 g/mol. The molecule has 21 heavy (non-hydrogen) atoms. The molecule has 2 atom stereocenters. The van der Waals surface area contributed by atoms with Gasteiger partial charge in [-0.3, -0.25) is 4.79 Å². The van der Waals surface area contributed by atoms with Crippen LogP contribution in [0, 0.1) is 0 Å². The Morgan fingerprint density at radius 1 is 1.57 bits per heavy atom. The number of rotatable bonds is 7. The van der Waals surface area contributed by atoms with Crippen molar-refractivity contribution in [3.05, 3.63) is 23.8 Å². The van der Waals surface area contributed by atoms with Crippen LogP contribution in [0.15, 0.2) is 18.2 Å². The van der Waals surface area contributed by atoms with Crippen LogP contribution in [-0.2, 0) is 9.53 Å². The largest absolute Gasteiger partial charge is 0.490 e. The van der Waals surface area contributed by atoms with Crippen molar-refractivity contribution >= 4 is 5.91 Å². The van der Waals surface area contributed by atoms with Crippen molar-refractivity contribution < 1.29 is 24.1 Å². The number of nitrogens with one attached hydrogen (secondary N) is 1. The number of benzene rings is 1. The predicted octanol–water partition coefficient (Wildman–Crippen LogP) is 1.03. The van der Waals surface area contributed by atoms with Gasteiger partial charge < -0.3 is 24.6 Å². The molecule has 2 rings (SSSR count). The van der Waals surface area contributed by atoms with E-state index in [0.29, 0.717) is 24.7 Å². The summed E-state index contributed by atoms with van der Waals surface area (Å²) in [6.07, 6.45) is -0.424. The number of fused-ring (bicyclic) bond motifs is 1. The smallest absolute Gasteiger partial charge is 0.260 e. The van der Waals surface area contributed by atoms with Crippen molar-refractivity contribution in [2.75, 3.05) is 26.9 Å². The van der Waals surface area contributed by atoms with Crippen LogP contribution < -0.4 is 14.8 Å². The SMILES string of the molecule is COCCCNC(=O)C(C)Oc1ccc2c(c1)OCC2O. The summed E-state index contributed by atoms with van der Waals surface area (Å²) in [5.74, 6) is 0.975. The van der Waals surface area contributed by atoms with Gasteiger partial charge in [-0.05, 0) is 25.5 Å². The summed E-state index contributed by atoms with van der Waals surface area (Å²) in [5.41, 5.74) is 0.749. The van der Waals surface area contributed by atoms with E-state index in [-0.39, 0.29) is 12.5 Å². The fourth-order valence-corrected chi connectivity index (χ4v) is 2.08. The Morgan fingerprint density at radius 2 is 2.38 bits per heavy atom. The number of ether oxygens (including phenoxy) is 3. The lowest BCUT2D eigenvalue weighted by atomic mass is 10.1. The molecule has 6 nitrogen and oxygen atoms in total. The third-order valence-electron chi connectivity index (χ3n) is 3.25. The first-order chi connectivity index (χ1) is 10.1. The number of carbonyl (C=O) groups is 1. The van der Waals surface area contributed by atoms with Gasteiger partial charge in [0.15, 0.2) is 6.10 Å². The second-order valence-electron chi connectivity index (χ2n) is 4.92. The number of aliphatic hydroxyl groups is 1. The number of carbonyl (C=O) groups excluding carboxylic acids is 1.